The van der Waals surface area contributed by atoms with Crippen LogP contribution in [0.1, 0.15) is 22.0 Å². The highest BCUT2D eigenvalue weighted by Crippen LogP contribution is 2.24. The molecule has 5 aromatic rings. The van der Waals surface area contributed by atoms with Gasteiger partial charge in [-0.3, -0.25) is 9.89 Å². The molecule has 4 heterocycles. The smallest absolute Gasteiger partial charge is 0.274 e. The highest BCUT2D eigenvalue weighted by Gasteiger charge is 2.19. The molecule has 0 radical (unpaired) electrons. The number of H-pyrrole nitrogens is 1. The van der Waals surface area contributed by atoms with Crippen molar-refractivity contribution in [2.24, 2.45) is 0 Å². The zero-order chi connectivity index (χ0) is 22.2. The predicted molar refractivity (Wildman–Crippen MR) is 115 cm³/mol. The highest BCUT2D eigenvalue weighted by molar-refractivity contribution is 6.07. The first kappa shape index (κ1) is 19.5. The molecule has 0 aliphatic heterocycles. The van der Waals surface area contributed by atoms with Crippen LogP contribution in [0.5, 0.6) is 0 Å². The zero-order valence-electron chi connectivity index (χ0n) is 17.2. The average Bonchev–Trinajstić information content (AvgIpc) is 3.41. The SMILES string of the molecule is Cc1cc(-c2cn[nH]c2C(=O)Nc2cc3nc(-c4ccccc4)nn3cc2F)nc(C)n1. The number of amides is 1. The van der Waals surface area contributed by atoms with Crippen molar-refractivity contribution >= 4 is 17.2 Å². The maximum atomic E-state index is 14.7. The minimum Gasteiger partial charge on any atom is -0.318 e. The molecule has 10 heteroatoms. The van der Waals surface area contributed by atoms with Gasteiger partial charge in [0.25, 0.3) is 5.91 Å². The molecule has 0 unspecified atom stereocenters. The summed E-state index contributed by atoms with van der Waals surface area (Å²) in [6.07, 6.45) is 2.68. The van der Waals surface area contributed by atoms with Crippen LogP contribution >= 0.6 is 0 Å². The van der Waals surface area contributed by atoms with Crippen LogP contribution in [0, 0.1) is 19.7 Å². The van der Waals surface area contributed by atoms with E-state index in [1.807, 2.05) is 37.3 Å². The number of halogens is 1. The van der Waals surface area contributed by atoms with Crippen molar-refractivity contribution in [3.63, 3.8) is 0 Å². The molecular weight excluding hydrogens is 411 g/mol. The fraction of sp³-hybridized carbons (Fsp3) is 0.0909. The van der Waals surface area contributed by atoms with Crippen LogP contribution in [0.15, 0.2) is 54.9 Å². The van der Waals surface area contributed by atoms with Gasteiger partial charge in [-0.05, 0) is 19.9 Å². The van der Waals surface area contributed by atoms with Gasteiger partial charge in [0.05, 0.1) is 29.3 Å². The van der Waals surface area contributed by atoms with Crippen molar-refractivity contribution in [3.05, 3.63) is 77.9 Å². The van der Waals surface area contributed by atoms with Crippen LogP contribution in [0.25, 0.3) is 28.3 Å². The van der Waals surface area contributed by atoms with Crippen molar-refractivity contribution in [1.82, 2.24) is 34.8 Å². The Hall–Kier alpha value is -4.47. The molecule has 0 aliphatic carbocycles. The van der Waals surface area contributed by atoms with E-state index in [9.17, 15) is 9.18 Å². The second-order valence-corrected chi connectivity index (χ2v) is 7.19. The number of benzene rings is 1. The van der Waals surface area contributed by atoms with E-state index in [4.69, 9.17) is 0 Å². The van der Waals surface area contributed by atoms with Crippen LogP contribution in [0.2, 0.25) is 0 Å². The normalized spacial score (nSPS) is 11.1. The van der Waals surface area contributed by atoms with E-state index in [0.29, 0.717) is 28.6 Å². The van der Waals surface area contributed by atoms with Crippen molar-refractivity contribution in [1.29, 1.82) is 0 Å². The molecule has 4 aromatic heterocycles. The Balaban J connectivity index is 1.47. The maximum Gasteiger partial charge on any atom is 0.274 e. The summed E-state index contributed by atoms with van der Waals surface area (Å²) >= 11 is 0. The first-order valence-electron chi connectivity index (χ1n) is 9.76. The van der Waals surface area contributed by atoms with Gasteiger partial charge >= 0.3 is 0 Å². The van der Waals surface area contributed by atoms with Crippen LogP contribution in [0.3, 0.4) is 0 Å². The number of hydrogen-bond donors (Lipinski definition) is 2. The number of aromatic amines is 1. The van der Waals surface area contributed by atoms with Gasteiger partial charge in [0.2, 0.25) is 0 Å². The predicted octanol–water partition coefficient (Wildman–Crippen LogP) is 3.58. The van der Waals surface area contributed by atoms with Gasteiger partial charge in [0, 0.05) is 17.3 Å². The molecule has 2 N–H and O–H groups in total. The number of hydrogen-bond acceptors (Lipinski definition) is 6. The van der Waals surface area contributed by atoms with Gasteiger partial charge in [-0.15, -0.1) is 5.10 Å². The quantitative estimate of drug-likeness (QED) is 0.452. The molecule has 1 aromatic carbocycles. The monoisotopic (exact) mass is 428 g/mol. The lowest BCUT2D eigenvalue weighted by atomic mass is 10.1. The largest absolute Gasteiger partial charge is 0.318 e. The Bertz CT molecular complexity index is 1440. The number of anilines is 1. The lowest BCUT2D eigenvalue weighted by Gasteiger charge is -2.07. The number of carbonyl (C=O) groups excluding carboxylic acids is 1. The first-order valence-corrected chi connectivity index (χ1v) is 9.76. The number of fused-ring (bicyclic) bond motifs is 1. The number of aryl methyl sites for hydroxylation is 2. The lowest BCUT2D eigenvalue weighted by Crippen LogP contribution is -2.15. The molecule has 0 aliphatic rings. The standard InChI is InChI=1S/C22H17FN8O/c1-12-8-17(26-13(2)25-12)15-10-24-29-20(15)22(32)27-18-9-19-28-21(14-6-4-3-5-7-14)30-31(19)11-16(18)23/h3-11H,1-2H3,(H,24,29)(H,27,32). The summed E-state index contributed by atoms with van der Waals surface area (Å²) in [5, 5.41) is 13.5. The minimum absolute atomic E-state index is 0.0230. The maximum absolute atomic E-state index is 14.7. The molecule has 0 bridgehead atoms. The number of pyridine rings is 1. The Kier molecular flexibility index (Phi) is 4.66. The van der Waals surface area contributed by atoms with Crippen molar-refractivity contribution in [2.45, 2.75) is 13.8 Å². The molecule has 5 rings (SSSR count). The average molecular weight is 428 g/mol. The fourth-order valence-corrected chi connectivity index (χ4v) is 3.40. The Morgan fingerprint density at radius 2 is 1.91 bits per heavy atom. The summed E-state index contributed by atoms with van der Waals surface area (Å²) in [5.74, 6) is -0.175. The second-order valence-electron chi connectivity index (χ2n) is 7.19. The van der Waals surface area contributed by atoms with Gasteiger partial charge in [0.15, 0.2) is 17.3 Å². The molecule has 0 atom stereocenters. The van der Waals surface area contributed by atoms with Gasteiger partial charge in [-0.1, -0.05) is 30.3 Å². The van der Waals surface area contributed by atoms with Crippen molar-refractivity contribution in [2.75, 3.05) is 5.32 Å². The van der Waals surface area contributed by atoms with Gasteiger partial charge in [0.1, 0.15) is 11.5 Å². The minimum atomic E-state index is -0.648. The molecule has 158 valence electrons. The Morgan fingerprint density at radius 3 is 2.69 bits per heavy atom. The third kappa shape index (κ3) is 3.58. The third-order valence-corrected chi connectivity index (χ3v) is 4.81. The van der Waals surface area contributed by atoms with Gasteiger partial charge < -0.3 is 5.32 Å². The topological polar surface area (TPSA) is 114 Å². The Labute approximate surface area is 181 Å². The summed E-state index contributed by atoms with van der Waals surface area (Å²) in [6, 6.07) is 12.5. The van der Waals surface area contributed by atoms with Gasteiger partial charge in [-0.2, -0.15) is 5.10 Å². The molecule has 0 saturated heterocycles. The number of aromatic nitrogens is 7. The van der Waals surface area contributed by atoms with E-state index >= 15 is 0 Å². The summed E-state index contributed by atoms with van der Waals surface area (Å²) < 4.78 is 16.0. The highest BCUT2D eigenvalue weighted by atomic mass is 19.1. The first-order chi connectivity index (χ1) is 15.5. The van der Waals surface area contributed by atoms with E-state index in [0.717, 1.165) is 11.3 Å². The second kappa shape index (κ2) is 7.65. The summed E-state index contributed by atoms with van der Waals surface area (Å²) in [6.45, 7) is 3.61. The van der Waals surface area contributed by atoms with Crippen LogP contribution < -0.4 is 5.32 Å². The van der Waals surface area contributed by atoms with Crippen LogP contribution in [0.4, 0.5) is 10.1 Å². The molecule has 0 fully saturated rings. The number of carbonyl (C=O) groups is 1. The van der Waals surface area contributed by atoms with Crippen LogP contribution in [-0.4, -0.2) is 40.7 Å². The van der Waals surface area contributed by atoms with E-state index in [-0.39, 0.29) is 11.4 Å². The summed E-state index contributed by atoms with van der Waals surface area (Å²) in [7, 11) is 0. The third-order valence-electron chi connectivity index (χ3n) is 4.81. The molecule has 1 amide bonds. The number of nitrogens with zero attached hydrogens (tertiary/aromatic N) is 6. The summed E-state index contributed by atoms with van der Waals surface area (Å²) in [5.41, 5.74) is 3.14. The van der Waals surface area contributed by atoms with E-state index < -0.39 is 11.7 Å². The van der Waals surface area contributed by atoms with Crippen molar-refractivity contribution in [3.8, 4) is 22.6 Å². The van der Waals surface area contributed by atoms with Crippen molar-refractivity contribution < 1.29 is 9.18 Å². The van der Waals surface area contributed by atoms with Crippen LogP contribution in [-0.2, 0) is 0 Å². The summed E-state index contributed by atoms with van der Waals surface area (Å²) in [4.78, 5) is 26.0. The molecule has 0 spiro atoms. The van der Waals surface area contributed by atoms with E-state index in [1.165, 1.54) is 23.0 Å². The van der Waals surface area contributed by atoms with E-state index in [2.05, 4.69) is 35.6 Å². The molecule has 0 saturated carbocycles. The number of rotatable bonds is 4. The Morgan fingerprint density at radius 1 is 1.09 bits per heavy atom. The number of nitrogens with one attached hydrogen (secondary N) is 2. The lowest BCUT2D eigenvalue weighted by molar-refractivity contribution is 0.102. The van der Waals surface area contributed by atoms with E-state index in [1.54, 1.807) is 13.0 Å². The molecule has 32 heavy (non-hydrogen) atoms. The molecule has 9 nitrogen and oxygen atoms in total. The van der Waals surface area contributed by atoms with Gasteiger partial charge in [-0.25, -0.2) is 23.9 Å². The zero-order valence-corrected chi connectivity index (χ0v) is 17.2. The molecular formula is C22H17FN8O. The fourth-order valence-electron chi connectivity index (χ4n) is 3.40.